The molecule has 1 amide bonds. The van der Waals surface area contributed by atoms with E-state index < -0.39 is 0 Å². The molecule has 7 nitrogen and oxygen atoms in total. The molecular weight excluding hydrogens is 450 g/mol. The molecule has 2 heterocycles. The van der Waals surface area contributed by atoms with Gasteiger partial charge in [0.05, 0.1) is 18.4 Å². The maximum absolute atomic E-state index is 12.9. The predicted octanol–water partition coefficient (Wildman–Crippen LogP) is 5.71. The molecule has 0 radical (unpaired) electrons. The first-order valence-electron chi connectivity index (χ1n) is 10.7. The molecular formula is C26H25N3O4S. The molecule has 0 saturated heterocycles. The molecule has 4 aromatic rings. The second kappa shape index (κ2) is 10.9. The zero-order valence-electron chi connectivity index (χ0n) is 19.2. The normalized spacial score (nSPS) is 10.7. The summed E-state index contributed by atoms with van der Waals surface area (Å²) in [5.74, 6) is 3.16. The SMILES string of the molecule is COc1cccc(Oc2ccc(CNC(=O)c3ccccc3SCc3c(C)noc3C)cn2)c1. The number of nitrogens with zero attached hydrogens (tertiary/aromatic N) is 2. The van der Waals surface area contributed by atoms with E-state index in [4.69, 9.17) is 14.0 Å². The van der Waals surface area contributed by atoms with Gasteiger partial charge in [-0.3, -0.25) is 4.79 Å². The first kappa shape index (κ1) is 23.4. The summed E-state index contributed by atoms with van der Waals surface area (Å²) in [4.78, 5) is 18.1. The van der Waals surface area contributed by atoms with Crippen LogP contribution < -0.4 is 14.8 Å². The van der Waals surface area contributed by atoms with Gasteiger partial charge in [0, 0.05) is 41.1 Å². The van der Waals surface area contributed by atoms with Crippen molar-refractivity contribution in [2.24, 2.45) is 0 Å². The van der Waals surface area contributed by atoms with Gasteiger partial charge in [0.1, 0.15) is 17.3 Å². The van der Waals surface area contributed by atoms with Crippen molar-refractivity contribution in [2.75, 3.05) is 7.11 Å². The number of hydrogen-bond acceptors (Lipinski definition) is 7. The summed E-state index contributed by atoms with van der Waals surface area (Å²) in [6.45, 7) is 4.18. The van der Waals surface area contributed by atoms with Crippen LogP contribution in [0.15, 0.2) is 76.3 Å². The summed E-state index contributed by atoms with van der Waals surface area (Å²) in [7, 11) is 1.61. The highest BCUT2D eigenvalue weighted by Crippen LogP contribution is 2.29. The van der Waals surface area contributed by atoms with E-state index in [0.717, 1.165) is 27.5 Å². The van der Waals surface area contributed by atoms with Gasteiger partial charge in [0.25, 0.3) is 5.91 Å². The van der Waals surface area contributed by atoms with Crippen LogP contribution in [0.4, 0.5) is 0 Å². The van der Waals surface area contributed by atoms with Gasteiger partial charge in [-0.2, -0.15) is 0 Å². The van der Waals surface area contributed by atoms with Gasteiger partial charge in [-0.15, -0.1) is 11.8 Å². The minimum absolute atomic E-state index is 0.140. The third-order valence-electron chi connectivity index (χ3n) is 5.20. The van der Waals surface area contributed by atoms with E-state index in [9.17, 15) is 4.79 Å². The van der Waals surface area contributed by atoms with Crippen LogP contribution in [-0.2, 0) is 12.3 Å². The van der Waals surface area contributed by atoms with Crippen LogP contribution in [0.3, 0.4) is 0 Å². The average molecular weight is 476 g/mol. The Kier molecular flexibility index (Phi) is 7.49. The maximum Gasteiger partial charge on any atom is 0.252 e. The van der Waals surface area contributed by atoms with Crippen molar-refractivity contribution in [1.82, 2.24) is 15.5 Å². The molecule has 1 N–H and O–H groups in total. The first-order valence-corrected chi connectivity index (χ1v) is 11.7. The molecule has 8 heteroatoms. The second-order valence-electron chi connectivity index (χ2n) is 7.56. The lowest BCUT2D eigenvalue weighted by Crippen LogP contribution is -2.23. The monoisotopic (exact) mass is 475 g/mol. The zero-order chi connectivity index (χ0) is 23.9. The Morgan fingerprint density at radius 3 is 2.62 bits per heavy atom. The highest BCUT2D eigenvalue weighted by Gasteiger charge is 2.14. The lowest BCUT2D eigenvalue weighted by atomic mass is 10.2. The number of nitrogens with one attached hydrogen (secondary N) is 1. The fraction of sp³-hybridized carbons (Fsp3) is 0.192. The Hall–Kier alpha value is -3.78. The number of benzene rings is 2. The molecule has 0 aliphatic carbocycles. The number of carbonyl (C=O) groups is 1. The van der Waals surface area contributed by atoms with Crippen molar-refractivity contribution in [3.05, 3.63) is 95.0 Å². The van der Waals surface area contributed by atoms with Crippen molar-refractivity contribution in [2.45, 2.75) is 31.0 Å². The predicted molar refractivity (Wildman–Crippen MR) is 130 cm³/mol. The van der Waals surface area contributed by atoms with E-state index in [0.29, 0.717) is 35.2 Å². The summed E-state index contributed by atoms with van der Waals surface area (Å²) in [5.41, 5.74) is 3.43. The lowest BCUT2D eigenvalue weighted by molar-refractivity contribution is 0.0948. The number of aromatic nitrogens is 2. The summed E-state index contributed by atoms with van der Waals surface area (Å²) in [6, 6.07) is 18.5. The first-order chi connectivity index (χ1) is 16.5. The summed E-state index contributed by atoms with van der Waals surface area (Å²) < 4.78 is 16.2. The van der Waals surface area contributed by atoms with Crippen molar-refractivity contribution >= 4 is 17.7 Å². The van der Waals surface area contributed by atoms with E-state index in [1.807, 2.05) is 62.4 Å². The van der Waals surface area contributed by atoms with Crippen LogP contribution in [0.25, 0.3) is 0 Å². The van der Waals surface area contributed by atoms with Crippen LogP contribution in [0.5, 0.6) is 17.4 Å². The topological polar surface area (TPSA) is 86.5 Å². The standard InChI is InChI=1S/C26H25N3O4S/c1-17-23(18(2)33-29-17)16-34-24-10-5-4-9-22(24)26(30)28-15-19-11-12-25(27-14-19)32-21-8-6-7-20(13-21)31-3/h4-14H,15-16H2,1-3H3,(H,28,30). The molecule has 0 spiro atoms. The highest BCUT2D eigenvalue weighted by atomic mass is 32.2. The van der Waals surface area contributed by atoms with Gasteiger partial charge in [0.15, 0.2) is 0 Å². The van der Waals surface area contributed by atoms with Gasteiger partial charge in [-0.25, -0.2) is 4.98 Å². The molecule has 2 aromatic heterocycles. The molecule has 174 valence electrons. The molecule has 0 saturated carbocycles. The van der Waals surface area contributed by atoms with Crippen LogP contribution in [0.1, 0.15) is 32.9 Å². The Labute approximate surface area is 202 Å². The highest BCUT2D eigenvalue weighted by molar-refractivity contribution is 7.98. The molecule has 0 unspecified atom stereocenters. The van der Waals surface area contributed by atoms with Gasteiger partial charge >= 0.3 is 0 Å². The van der Waals surface area contributed by atoms with Crippen LogP contribution in [0.2, 0.25) is 0 Å². The number of hydrogen-bond donors (Lipinski definition) is 1. The smallest absolute Gasteiger partial charge is 0.252 e. The van der Waals surface area contributed by atoms with Crippen molar-refractivity contribution in [3.63, 3.8) is 0 Å². The lowest BCUT2D eigenvalue weighted by Gasteiger charge is -2.10. The fourth-order valence-corrected chi connectivity index (χ4v) is 4.48. The number of aryl methyl sites for hydroxylation is 2. The molecule has 34 heavy (non-hydrogen) atoms. The van der Waals surface area contributed by atoms with Crippen LogP contribution >= 0.6 is 11.8 Å². The minimum Gasteiger partial charge on any atom is -0.497 e. The second-order valence-corrected chi connectivity index (χ2v) is 8.57. The van der Waals surface area contributed by atoms with Crippen molar-refractivity contribution < 1.29 is 18.8 Å². The van der Waals surface area contributed by atoms with E-state index in [-0.39, 0.29) is 5.91 Å². The number of methoxy groups -OCH3 is 1. The van der Waals surface area contributed by atoms with E-state index in [1.165, 1.54) is 0 Å². The third-order valence-corrected chi connectivity index (χ3v) is 6.30. The fourth-order valence-electron chi connectivity index (χ4n) is 3.28. The van der Waals surface area contributed by atoms with Crippen molar-refractivity contribution in [1.29, 1.82) is 0 Å². The summed E-state index contributed by atoms with van der Waals surface area (Å²) in [5, 5.41) is 6.97. The quantitative estimate of drug-likeness (QED) is 0.310. The molecule has 0 fully saturated rings. The van der Waals surface area contributed by atoms with Gasteiger partial charge in [-0.1, -0.05) is 29.4 Å². The molecule has 4 rings (SSSR count). The maximum atomic E-state index is 12.9. The number of rotatable bonds is 9. The molecule has 0 aliphatic rings. The largest absolute Gasteiger partial charge is 0.497 e. The van der Waals surface area contributed by atoms with Gasteiger partial charge in [0.2, 0.25) is 5.88 Å². The number of amides is 1. The van der Waals surface area contributed by atoms with Gasteiger partial charge < -0.3 is 19.3 Å². The molecule has 2 aromatic carbocycles. The average Bonchev–Trinajstić information content (AvgIpc) is 3.19. The van der Waals surface area contributed by atoms with Crippen molar-refractivity contribution in [3.8, 4) is 17.4 Å². The number of carbonyl (C=O) groups excluding carboxylic acids is 1. The van der Waals surface area contributed by atoms with E-state index >= 15 is 0 Å². The van der Waals surface area contributed by atoms with Crippen LogP contribution in [-0.4, -0.2) is 23.2 Å². The van der Waals surface area contributed by atoms with Gasteiger partial charge in [-0.05, 0) is 43.7 Å². The zero-order valence-corrected chi connectivity index (χ0v) is 20.0. The summed E-state index contributed by atoms with van der Waals surface area (Å²) in [6.07, 6.45) is 1.69. The number of thioether (sulfide) groups is 1. The van der Waals surface area contributed by atoms with E-state index in [1.54, 1.807) is 37.2 Å². The molecule has 0 atom stereocenters. The third kappa shape index (κ3) is 5.77. The molecule has 0 bridgehead atoms. The van der Waals surface area contributed by atoms with E-state index in [2.05, 4.69) is 15.5 Å². The molecule has 0 aliphatic heterocycles. The number of ether oxygens (including phenoxy) is 2. The Morgan fingerprint density at radius 1 is 1.06 bits per heavy atom. The summed E-state index contributed by atoms with van der Waals surface area (Å²) >= 11 is 1.59. The Morgan fingerprint density at radius 2 is 1.88 bits per heavy atom. The Balaban J connectivity index is 1.35. The van der Waals surface area contributed by atoms with Crippen LogP contribution in [0, 0.1) is 13.8 Å². The number of pyridine rings is 1. The Bertz CT molecular complexity index is 1250. The minimum atomic E-state index is -0.140.